The van der Waals surface area contributed by atoms with Gasteiger partial charge in [0.2, 0.25) is 0 Å². The molecule has 2 N–H and O–H groups in total. The summed E-state index contributed by atoms with van der Waals surface area (Å²) in [5.74, 6) is 0. The molecule has 1 aliphatic rings. The zero-order valence-electron chi connectivity index (χ0n) is 10.9. The Morgan fingerprint density at radius 1 is 1.20 bits per heavy atom. The van der Waals surface area contributed by atoms with Crippen molar-refractivity contribution < 1.29 is 5.11 Å². The van der Waals surface area contributed by atoms with E-state index >= 15 is 0 Å². The van der Waals surface area contributed by atoms with Gasteiger partial charge in [-0.2, -0.15) is 0 Å². The Morgan fingerprint density at radius 3 is 2.90 bits per heavy atom. The number of aromatic amines is 1. The predicted molar refractivity (Wildman–Crippen MR) is 77.6 cm³/mol. The van der Waals surface area contributed by atoms with Gasteiger partial charge in [-0.15, -0.1) is 0 Å². The van der Waals surface area contributed by atoms with Crippen LogP contribution in [-0.2, 0) is 19.6 Å². The fourth-order valence-corrected chi connectivity index (χ4v) is 3.09. The Kier molecular flexibility index (Phi) is 2.35. The molecular formula is C16H14N2O2. The number of rotatable bonds is 1. The van der Waals surface area contributed by atoms with Crippen LogP contribution < -0.4 is 5.56 Å². The summed E-state index contributed by atoms with van der Waals surface area (Å²) in [7, 11) is 0. The molecule has 3 aromatic rings. The highest BCUT2D eigenvalue weighted by Crippen LogP contribution is 2.33. The SMILES string of the molecule is O=c1c(CO)ccc2n1CCc1c-2[nH]c2ccccc12. The van der Waals surface area contributed by atoms with Gasteiger partial charge >= 0.3 is 0 Å². The molecule has 0 fully saturated rings. The number of nitrogens with zero attached hydrogens (tertiary/aromatic N) is 1. The van der Waals surface area contributed by atoms with E-state index < -0.39 is 0 Å². The van der Waals surface area contributed by atoms with Crippen molar-refractivity contribution >= 4 is 10.9 Å². The molecule has 4 heteroatoms. The first-order valence-electron chi connectivity index (χ1n) is 6.73. The molecular weight excluding hydrogens is 252 g/mol. The third kappa shape index (κ3) is 1.42. The normalized spacial score (nSPS) is 13.2. The first-order chi connectivity index (χ1) is 9.79. The lowest BCUT2D eigenvalue weighted by Gasteiger charge is -2.19. The molecule has 1 aromatic carbocycles. The van der Waals surface area contributed by atoms with Gasteiger partial charge in [-0.3, -0.25) is 4.79 Å². The average Bonchev–Trinajstić information content (AvgIpc) is 2.86. The molecule has 3 heterocycles. The summed E-state index contributed by atoms with van der Waals surface area (Å²) < 4.78 is 1.75. The molecule has 2 aromatic heterocycles. The maximum atomic E-state index is 12.3. The summed E-state index contributed by atoms with van der Waals surface area (Å²) in [5.41, 5.74) is 4.67. The second-order valence-electron chi connectivity index (χ2n) is 5.13. The van der Waals surface area contributed by atoms with Crippen LogP contribution in [0.1, 0.15) is 11.1 Å². The monoisotopic (exact) mass is 266 g/mol. The minimum atomic E-state index is -0.210. The van der Waals surface area contributed by atoms with Crippen molar-refractivity contribution in [2.24, 2.45) is 0 Å². The Labute approximate surface area is 115 Å². The summed E-state index contributed by atoms with van der Waals surface area (Å²) in [6.07, 6.45) is 0.834. The van der Waals surface area contributed by atoms with E-state index in [1.54, 1.807) is 10.6 Å². The number of aliphatic hydroxyl groups is 1. The minimum absolute atomic E-state index is 0.0886. The van der Waals surface area contributed by atoms with Gasteiger partial charge in [0.15, 0.2) is 0 Å². The molecule has 0 unspecified atom stereocenters. The van der Waals surface area contributed by atoms with E-state index in [-0.39, 0.29) is 12.2 Å². The quantitative estimate of drug-likeness (QED) is 0.708. The van der Waals surface area contributed by atoms with Crippen LogP contribution >= 0.6 is 0 Å². The highest BCUT2D eigenvalue weighted by atomic mass is 16.3. The zero-order valence-corrected chi connectivity index (χ0v) is 10.9. The first-order valence-corrected chi connectivity index (χ1v) is 6.73. The average molecular weight is 266 g/mol. The molecule has 4 nitrogen and oxygen atoms in total. The highest BCUT2D eigenvalue weighted by Gasteiger charge is 2.21. The number of aromatic nitrogens is 2. The van der Waals surface area contributed by atoms with Gasteiger partial charge in [0, 0.05) is 23.0 Å². The highest BCUT2D eigenvalue weighted by molar-refractivity contribution is 5.90. The third-order valence-corrected chi connectivity index (χ3v) is 4.08. The number of aliphatic hydroxyl groups excluding tert-OH is 1. The van der Waals surface area contributed by atoms with Gasteiger partial charge in [0.05, 0.1) is 18.0 Å². The van der Waals surface area contributed by atoms with E-state index in [4.69, 9.17) is 0 Å². The van der Waals surface area contributed by atoms with Crippen LogP contribution in [0.4, 0.5) is 0 Å². The second kappa shape index (κ2) is 4.08. The number of hydrogen-bond acceptors (Lipinski definition) is 2. The zero-order chi connectivity index (χ0) is 13.7. The molecule has 0 saturated carbocycles. The standard InChI is InChI=1S/C16H14N2O2/c19-9-10-5-6-14-15-12(7-8-18(14)16(10)20)11-3-1-2-4-13(11)17-15/h1-6,17,19H,7-9H2. The maximum Gasteiger partial charge on any atom is 0.256 e. The molecule has 4 rings (SSSR count). The van der Waals surface area contributed by atoms with Crippen LogP contribution in [0.25, 0.3) is 22.3 Å². The number of fused-ring (bicyclic) bond motifs is 5. The lowest BCUT2D eigenvalue weighted by atomic mass is 10.0. The van der Waals surface area contributed by atoms with Gasteiger partial charge in [-0.05, 0) is 30.2 Å². The van der Waals surface area contributed by atoms with Gasteiger partial charge in [0.25, 0.3) is 5.56 Å². The Bertz CT molecular complexity index is 874. The molecule has 0 radical (unpaired) electrons. The lowest BCUT2D eigenvalue weighted by Crippen LogP contribution is -2.28. The largest absolute Gasteiger partial charge is 0.391 e. The number of aryl methyl sites for hydroxylation is 1. The van der Waals surface area contributed by atoms with Crippen LogP contribution in [0.5, 0.6) is 0 Å². The summed E-state index contributed by atoms with van der Waals surface area (Å²) in [4.78, 5) is 15.7. The molecule has 20 heavy (non-hydrogen) atoms. The topological polar surface area (TPSA) is 58.0 Å². The van der Waals surface area contributed by atoms with E-state index in [1.165, 1.54) is 10.9 Å². The summed E-state index contributed by atoms with van der Waals surface area (Å²) >= 11 is 0. The molecule has 0 saturated heterocycles. The summed E-state index contributed by atoms with van der Waals surface area (Å²) in [6, 6.07) is 11.8. The van der Waals surface area contributed by atoms with E-state index in [9.17, 15) is 9.90 Å². The molecule has 100 valence electrons. The Morgan fingerprint density at radius 2 is 2.05 bits per heavy atom. The van der Waals surface area contributed by atoms with E-state index in [0.717, 1.165) is 23.3 Å². The molecule has 0 spiro atoms. The van der Waals surface area contributed by atoms with Crippen LogP contribution in [0.2, 0.25) is 0 Å². The lowest BCUT2D eigenvalue weighted by molar-refractivity contribution is 0.279. The molecule has 0 atom stereocenters. The van der Waals surface area contributed by atoms with Gasteiger partial charge < -0.3 is 14.7 Å². The minimum Gasteiger partial charge on any atom is -0.391 e. The van der Waals surface area contributed by atoms with Crippen LogP contribution in [-0.4, -0.2) is 14.7 Å². The number of nitrogens with one attached hydrogen (secondary N) is 1. The molecule has 1 aliphatic heterocycles. The van der Waals surface area contributed by atoms with Crippen LogP contribution in [0.15, 0.2) is 41.2 Å². The van der Waals surface area contributed by atoms with Gasteiger partial charge in [-0.25, -0.2) is 0 Å². The molecule has 0 aliphatic carbocycles. The van der Waals surface area contributed by atoms with E-state index in [1.807, 2.05) is 18.2 Å². The number of benzene rings is 1. The van der Waals surface area contributed by atoms with Gasteiger partial charge in [0.1, 0.15) is 0 Å². The number of hydrogen-bond donors (Lipinski definition) is 2. The first kappa shape index (κ1) is 11.5. The summed E-state index contributed by atoms with van der Waals surface area (Å²) in [6.45, 7) is 0.454. The number of para-hydroxylation sites is 1. The third-order valence-electron chi connectivity index (χ3n) is 4.08. The summed E-state index contributed by atoms with van der Waals surface area (Å²) in [5, 5.41) is 10.4. The smallest absolute Gasteiger partial charge is 0.256 e. The van der Waals surface area contributed by atoms with Crippen molar-refractivity contribution in [3.05, 3.63) is 57.9 Å². The van der Waals surface area contributed by atoms with Crippen LogP contribution in [0.3, 0.4) is 0 Å². The predicted octanol–water partition coefficient (Wildman–Crippen LogP) is 2.04. The van der Waals surface area contributed by atoms with Crippen molar-refractivity contribution in [1.29, 1.82) is 0 Å². The fraction of sp³-hybridized carbons (Fsp3) is 0.188. The molecule has 0 amide bonds. The van der Waals surface area contributed by atoms with E-state index in [2.05, 4.69) is 17.1 Å². The number of H-pyrrole nitrogens is 1. The van der Waals surface area contributed by atoms with Crippen molar-refractivity contribution in [3.63, 3.8) is 0 Å². The van der Waals surface area contributed by atoms with Crippen molar-refractivity contribution in [3.8, 4) is 11.4 Å². The Hall–Kier alpha value is -2.33. The second-order valence-corrected chi connectivity index (χ2v) is 5.13. The maximum absolute atomic E-state index is 12.3. The Balaban J connectivity index is 2.05. The van der Waals surface area contributed by atoms with Gasteiger partial charge in [-0.1, -0.05) is 18.2 Å². The fourth-order valence-electron chi connectivity index (χ4n) is 3.09. The number of pyridine rings is 1. The molecule has 0 bridgehead atoms. The van der Waals surface area contributed by atoms with Crippen LogP contribution in [0, 0.1) is 0 Å². The van der Waals surface area contributed by atoms with E-state index in [0.29, 0.717) is 12.1 Å². The van der Waals surface area contributed by atoms with Crippen molar-refractivity contribution in [2.75, 3.05) is 0 Å². The van der Waals surface area contributed by atoms with Crippen molar-refractivity contribution in [2.45, 2.75) is 19.6 Å². The van der Waals surface area contributed by atoms with Crippen molar-refractivity contribution in [1.82, 2.24) is 9.55 Å².